The van der Waals surface area contributed by atoms with Crippen molar-refractivity contribution in [2.75, 3.05) is 6.61 Å². The summed E-state index contributed by atoms with van der Waals surface area (Å²) in [5.41, 5.74) is 2.90. The van der Waals surface area contributed by atoms with Crippen LogP contribution < -0.4 is 0 Å². The van der Waals surface area contributed by atoms with E-state index in [-0.39, 0.29) is 5.41 Å². The Morgan fingerprint density at radius 2 is 1.95 bits per heavy atom. The molecule has 3 aliphatic carbocycles. The molecule has 0 aromatic heterocycles. The van der Waals surface area contributed by atoms with Crippen LogP contribution in [-0.2, 0) is 0 Å². The third-order valence-corrected chi connectivity index (χ3v) is 7.84. The maximum atomic E-state index is 10.0. The number of hydrogen-bond donors (Lipinski definition) is 1. The Hall–Kier alpha value is -0.300. The molecule has 0 aliphatic heterocycles. The van der Waals surface area contributed by atoms with E-state index < -0.39 is 0 Å². The standard InChI is InChI=1S/C20H34O/c1-5-18(2)12-9-16-15(13-18)7-8-17-19(3,14-21)10-6-11-20(16,17)4/h7,16-17,21H,5-6,8-14H2,1-4H3/t16-,17-,18-,19-,20+/m0/s1. The predicted molar refractivity (Wildman–Crippen MR) is 89.1 cm³/mol. The Bertz CT molecular complexity index is 439. The van der Waals surface area contributed by atoms with Gasteiger partial charge in [-0.2, -0.15) is 0 Å². The molecule has 0 amide bonds. The van der Waals surface area contributed by atoms with E-state index in [1.807, 2.05) is 0 Å². The molecule has 1 nitrogen and oxygen atoms in total. The molecule has 0 aromatic rings. The molecule has 3 rings (SSSR count). The fraction of sp³-hybridized carbons (Fsp3) is 0.900. The first-order valence-electron chi connectivity index (χ1n) is 9.17. The van der Waals surface area contributed by atoms with Crippen LogP contribution >= 0.6 is 0 Å². The summed E-state index contributed by atoms with van der Waals surface area (Å²) in [7, 11) is 0. The van der Waals surface area contributed by atoms with Gasteiger partial charge in [-0.15, -0.1) is 0 Å². The minimum Gasteiger partial charge on any atom is -0.396 e. The molecule has 1 N–H and O–H groups in total. The van der Waals surface area contributed by atoms with Crippen LogP contribution in [-0.4, -0.2) is 11.7 Å². The summed E-state index contributed by atoms with van der Waals surface area (Å²) in [5, 5.41) is 10.0. The molecule has 0 heterocycles. The Morgan fingerprint density at radius 3 is 2.62 bits per heavy atom. The second-order valence-corrected chi connectivity index (χ2v) is 9.17. The second-order valence-electron chi connectivity index (χ2n) is 9.17. The van der Waals surface area contributed by atoms with E-state index in [9.17, 15) is 5.11 Å². The molecule has 0 saturated heterocycles. The zero-order chi connectivity index (χ0) is 15.3. The second kappa shape index (κ2) is 5.11. The Morgan fingerprint density at radius 1 is 1.19 bits per heavy atom. The van der Waals surface area contributed by atoms with Crippen molar-refractivity contribution >= 4 is 0 Å². The number of fused-ring (bicyclic) bond motifs is 3. The SMILES string of the molecule is CC[C@@]1(C)CC[C@H]2C(=CC[C@H]3[C@](C)(CO)CCC[C@]23C)C1. The van der Waals surface area contributed by atoms with Gasteiger partial charge in [-0.05, 0) is 66.6 Å². The zero-order valence-corrected chi connectivity index (χ0v) is 14.5. The number of hydrogen-bond acceptors (Lipinski definition) is 1. The van der Waals surface area contributed by atoms with Crippen molar-refractivity contribution in [3.63, 3.8) is 0 Å². The van der Waals surface area contributed by atoms with Crippen LogP contribution in [0.3, 0.4) is 0 Å². The smallest absolute Gasteiger partial charge is 0.0487 e. The van der Waals surface area contributed by atoms with Gasteiger partial charge in [0.2, 0.25) is 0 Å². The fourth-order valence-electron chi connectivity index (χ4n) is 6.10. The van der Waals surface area contributed by atoms with E-state index >= 15 is 0 Å². The van der Waals surface area contributed by atoms with Gasteiger partial charge in [0.15, 0.2) is 0 Å². The topological polar surface area (TPSA) is 20.2 Å². The predicted octanol–water partition coefficient (Wildman–Crippen LogP) is 5.34. The normalized spacial score (nSPS) is 50.0. The fourth-order valence-corrected chi connectivity index (χ4v) is 6.10. The van der Waals surface area contributed by atoms with Crippen molar-refractivity contribution in [1.82, 2.24) is 0 Å². The molecular formula is C20H34O. The van der Waals surface area contributed by atoms with Gasteiger partial charge in [0.05, 0.1) is 0 Å². The third-order valence-electron chi connectivity index (χ3n) is 7.84. The minimum absolute atomic E-state index is 0.153. The van der Waals surface area contributed by atoms with E-state index in [4.69, 9.17) is 0 Å². The summed E-state index contributed by atoms with van der Waals surface area (Å²) < 4.78 is 0. The number of rotatable bonds is 2. The molecule has 2 fully saturated rings. The first-order chi connectivity index (χ1) is 9.87. The summed E-state index contributed by atoms with van der Waals surface area (Å²) in [4.78, 5) is 0. The van der Waals surface area contributed by atoms with Crippen molar-refractivity contribution in [3.8, 4) is 0 Å². The van der Waals surface area contributed by atoms with E-state index in [1.165, 1.54) is 51.4 Å². The molecule has 120 valence electrons. The van der Waals surface area contributed by atoms with Crippen molar-refractivity contribution in [3.05, 3.63) is 11.6 Å². The molecule has 0 bridgehead atoms. The highest BCUT2D eigenvalue weighted by Crippen LogP contribution is 2.63. The van der Waals surface area contributed by atoms with Crippen molar-refractivity contribution in [2.24, 2.45) is 28.1 Å². The molecule has 0 spiro atoms. The van der Waals surface area contributed by atoms with Crippen LogP contribution in [0.15, 0.2) is 11.6 Å². The summed E-state index contributed by atoms with van der Waals surface area (Å²) in [6.45, 7) is 10.1. The molecular weight excluding hydrogens is 256 g/mol. The number of aliphatic hydroxyl groups is 1. The Labute approximate surface area is 131 Å². The van der Waals surface area contributed by atoms with Crippen LogP contribution in [0.4, 0.5) is 0 Å². The zero-order valence-electron chi connectivity index (χ0n) is 14.5. The van der Waals surface area contributed by atoms with Crippen LogP contribution in [0, 0.1) is 28.1 Å². The van der Waals surface area contributed by atoms with Crippen LogP contribution in [0.5, 0.6) is 0 Å². The highest BCUT2D eigenvalue weighted by Gasteiger charge is 2.55. The molecule has 0 unspecified atom stereocenters. The van der Waals surface area contributed by atoms with Gasteiger partial charge in [0, 0.05) is 6.61 Å². The Kier molecular flexibility index (Phi) is 3.80. The van der Waals surface area contributed by atoms with Crippen molar-refractivity contribution in [2.45, 2.75) is 79.1 Å². The van der Waals surface area contributed by atoms with Gasteiger partial charge in [-0.3, -0.25) is 0 Å². The van der Waals surface area contributed by atoms with E-state index in [0.717, 1.165) is 5.92 Å². The molecule has 0 aromatic carbocycles. The monoisotopic (exact) mass is 290 g/mol. The lowest BCUT2D eigenvalue weighted by Gasteiger charge is -2.59. The molecule has 1 heteroatoms. The van der Waals surface area contributed by atoms with E-state index in [0.29, 0.717) is 23.4 Å². The number of aliphatic hydroxyl groups excluding tert-OH is 1. The average Bonchev–Trinajstić information content (AvgIpc) is 2.46. The van der Waals surface area contributed by atoms with Gasteiger partial charge >= 0.3 is 0 Å². The molecule has 0 radical (unpaired) electrons. The molecule has 21 heavy (non-hydrogen) atoms. The van der Waals surface area contributed by atoms with Gasteiger partial charge in [-0.1, -0.05) is 52.2 Å². The molecule has 2 saturated carbocycles. The lowest BCUT2D eigenvalue weighted by atomic mass is 9.45. The van der Waals surface area contributed by atoms with E-state index in [1.54, 1.807) is 5.57 Å². The maximum absolute atomic E-state index is 10.0. The highest BCUT2D eigenvalue weighted by atomic mass is 16.3. The van der Waals surface area contributed by atoms with Gasteiger partial charge in [-0.25, -0.2) is 0 Å². The summed E-state index contributed by atoms with van der Waals surface area (Å²) >= 11 is 0. The lowest BCUT2D eigenvalue weighted by Crippen LogP contribution is -2.52. The molecule has 5 atom stereocenters. The van der Waals surface area contributed by atoms with Crippen LogP contribution in [0.25, 0.3) is 0 Å². The lowest BCUT2D eigenvalue weighted by molar-refractivity contribution is -0.0821. The van der Waals surface area contributed by atoms with Crippen molar-refractivity contribution in [1.29, 1.82) is 0 Å². The quantitative estimate of drug-likeness (QED) is 0.681. The maximum Gasteiger partial charge on any atom is 0.0487 e. The summed E-state index contributed by atoms with van der Waals surface area (Å²) in [5.74, 6) is 1.48. The minimum atomic E-state index is 0.153. The number of allylic oxidation sites excluding steroid dienone is 2. The van der Waals surface area contributed by atoms with E-state index in [2.05, 4.69) is 33.8 Å². The van der Waals surface area contributed by atoms with Gasteiger partial charge in [0.1, 0.15) is 0 Å². The third kappa shape index (κ3) is 2.31. The van der Waals surface area contributed by atoms with Gasteiger partial charge < -0.3 is 5.11 Å². The largest absolute Gasteiger partial charge is 0.396 e. The van der Waals surface area contributed by atoms with Crippen molar-refractivity contribution < 1.29 is 5.11 Å². The summed E-state index contributed by atoms with van der Waals surface area (Å²) in [6, 6.07) is 0. The first-order valence-corrected chi connectivity index (χ1v) is 9.17. The van der Waals surface area contributed by atoms with Crippen LogP contribution in [0.1, 0.15) is 79.1 Å². The first kappa shape index (κ1) is 15.6. The van der Waals surface area contributed by atoms with Gasteiger partial charge in [0.25, 0.3) is 0 Å². The average molecular weight is 290 g/mol. The Balaban J connectivity index is 1.93. The molecule has 3 aliphatic rings. The van der Waals surface area contributed by atoms with Crippen LogP contribution in [0.2, 0.25) is 0 Å². The summed E-state index contributed by atoms with van der Waals surface area (Å²) in [6.07, 6.45) is 13.1. The highest BCUT2D eigenvalue weighted by molar-refractivity contribution is 5.23.